The Morgan fingerprint density at radius 1 is 1.27 bits per heavy atom. The Morgan fingerprint density at radius 3 is 2.81 bits per heavy atom. The molecule has 0 spiro atoms. The summed E-state index contributed by atoms with van der Waals surface area (Å²) in [5.41, 5.74) is 3.59. The molecule has 1 heterocycles. The van der Waals surface area contributed by atoms with E-state index in [-0.39, 0.29) is 11.9 Å². The Hall–Kier alpha value is -2.82. The van der Waals surface area contributed by atoms with E-state index < -0.39 is 0 Å². The number of carbonyl (C=O) groups is 1. The summed E-state index contributed by atoms with van der Waals surface area (Å²) in [6, 6.07) is 13.6. The summed E-state index contributed by atoms with van der Waals surface area (Å²) in [6.07, 6.45) is 3.64. The van der Waals surface area contributed by atoms with Gasteiger partial charge in [0.1, 0.15) is 5.75 Å². The lowest BCUT2D eigenvalue weighted by Crippen LogP contribution is -2.31. The number of hydrogen-bond acceptors (Lipinski definition) is 3. The molecule has 1 amide bonds. The van der Waals surface area contributed by atoms with E-state index in [0.717, 1.165) is 35.2 Å². The molecule has 0 N–H and O–H groups in total. The maximum absolute atomic E-state index is 13.1. The number of aromatic nitrogens is 2. The minimum atomic E-state index is -0.00109. The number of fused-ring (bicyclic) bond motifs is 1. The number of aryl methyl sites for hydroxylation is 1. The first kappa shape index (κ1) is 18.0. The van der Waals surface area contributed by atoms with Crippen LogP contribution in [0.25, 0.3) is 11.0 Å². The third kappa shape index (κ3) is 3.43. The number of methoxy groups -OCH3 is 1. The topological polar surface area (TPSA) is 47.4 Å². The maximum Gasteiger partial charge on any atom is 0.254 e. The maximum atomic E-state index is 13.1. The van der Waals surface area contributed by atoms with Crippen molar-refractivity contribution in [1.82, 2.24) is 14.5 Å². The van der Waals surface area contributed by atoms with Gasteiger partial charge in [0.15, 0.2) is 0 Å². The summed E-state index contributed by atoms with van der Waals surface area (Å²) < 4.78 is 7.29. The summed E-state index contributed by atoms with van der Waals surface area (Å²) in [6.45, 7) is 2.13. The quantitative estimate of drug-likeness (QED) is 0.669. The van der Waals surface area contributed by atoms with Crippen molar-refractivity contribution in [2.45, 2.75) is 25.8 Å². The van der Waals surface area contributed by atoms with Crippen LogP contribution in [-0.4, -0.2) is 34.5 Å². The van der Waals surface area contributed by atoms with Crippen molar-refractivity contribution in [3.63, 3.8) is 0 Å². The van der Waals surface area contributed by atoms with Crippen LogP contribution in [0.1, 0.15) is 41.7 Å². The number of benzene rings is 2. The molecule has 2 aromatic carbocycles. The molecule has 0 aliphatic rings. The molecule has 5 nitrogen and oxygen atoms in total. The van der Waals surface area contributed by atoms with Crippen LogP contribution in [0.5, 0.6) is 5.75 Å². The van der Waals surface area contributed by atoms with Gasteiger partial charge in [0.2, 0.25) is 0 Å². The predicted molar refractivity (Wildman–Crippen MR) is 103 cm³/mol. The van der Waals surface area contributed by atoms with Gasteiger partial charge < -0.3 is 14.2 Å². The van der Waals surface area contributed by atoms with Crippen molar-refractivity contribution in [3.05, 3.63) is 59.9 Å². The van der Waals surface area contributed by atoms with Crippen LogP contribution in [0.3, 0.4) is 0 Å². The fraction of sp³-hybridized carbons (Fsp3) is 0.333. The van der Waals surface area contributed by atoms with Gasteiger partial charge in [0.25, 0.3) is 5.91 Å². The molecule has 0 saturated carbocycles. The second-order valence-corrected chi connectivity index (χ2v) is 6.56. The van der Waals surface area contributed by atoms with Crippen LogP contribution in [0, 0.1) is 0 Å². The summed E-state index contributed by atoms with van der Waals surface area (Å²) in [5, 5.41) is 0. The molecule has 5 heteroatoms. The fourth-order valence-corrected chi connectivity index (χ4v) is 3.32. The molecule has 0 unspecified atom stereocenters. The fourth-order valence-electron chi connectivity index (χ4n) is 3.32. The van der Waals surface area contributed by atoms with Gasteiger partial charge in [-0.05, 0) is 42.3 Å². The molecular weight excluding hydrogens is 326 g/mol. The molecule has 0 radical (unpaired) electrons. The monoisotopic (exact) mass is 351 g/mol. The zero-order chi connectivity index (χ0) is 18.7. The molecular formula is C21H25N3O2. The average molecular weight is 351 g/mol. The van der Waals surface area contributed by atoms with Crippen molar-refractivity contribution in [2.75, 3.05) is 14.2 Å². The molecule has 0 aliphatic heterocycles. The van der Waals surface area contributed by atoms with Crippen LogP contribution >= 0.6 is 0 Å². The van der Waals surface area contributed by atoms with E-state index in [2.05, 4.69) is 18.0 Å². The van der Waals surface area contributed by atoms with E-state index in [0.29, 0.717) is 5.56 Å². The largest absolute Gasteiger partial charge is 0.497 e. The molecule has 1 atom stereocenters. The number of rotatable bonds is 6. The van der Waals surface area contributed by atoms with E-state index in [1.54, 1.807) is 13.4 Å². The Labute approximate surface area is 154 Å². The highest BCUT2D eigenvalue weighted by molar-refractivity contribution is 5.97. The van der Waals surface area contributed by atoms with Crippen molar-refractivity contribution < 1.29 is 9.53 Å². The zero-order valence-electron chi connectivity index (χ0n) is 15.8. The third-order valence-corrected chi connectivity index (χ3v) is 4.80. The molecule has 3 rings (SSSR count). The number of nitrogens with zero attached hydrogens (tertiary/aromatic N) is 3. The number of carbonyl (C=O) groups excluding carboxylic acids is 1. The third-order valence-electron chi connectivity index (χ3n) is 4.80. The Balaban J connectivity index is 1.91. The van der Waals surface area contributed by atoms with E-state index in [9.17, 15) is 4.79 Å². The predicted octanol–water partition coefficient (Wildman–Crippen LogP) is 4.20. The molecule has 1 aromatic heterocycles. The first-order chi connectivity index (χ1) is 12.5. The number of imidazole rings is 1. The minimum absolute atomic E-state index is 0.00109. The van der Waals surface area contributed by atoms with Crippen LogP contribution in [0.2, 0.25) is 0 Å². The van der Waals surface area contributed by atoms with Gasteiger partial charge in [-0.3, -0.25) is 4.79 Å². The summed E-state index contributed by atoms with van der Waals surface area (Å²) in [4.78, 5) is 19.3. The smallest absolute Gasteiger partial charge is 0.254 e. The van der Waals surface area contributed by atoms with Gasteiger partial charge in [-0.2, -0.15) is 0 Å². The standard InChI is InChI=1S/C21H25N3O2/c1-5-7-19(15-8-6-9-17(12-15)26-4)24(3)21(25)16-10-11-20-18(13-16)22-14-23(20)2/h6,8-14,19H,5,7H2,1-4H3/t19-/m0/s1. The Morgan fingerprint density at radius 2 is 2.08 bits per heavy atom. The van der Waals surface area contributed by atoms with Gasteiger partial charge >= 0.3 is 0 Å². The van der Waals surface area contributed by atoms with Gasteiger partial charge in [-0.1, -0.05) is 25.5 Å². The normalized spacial score (nSPS) is 12.2. The number of amides is 1. The highest BCUT2D eigenvalue weighted by Crippen LogP contribution is 2.29. The Kier molecular flexibility index (Phi) is 5.26. The molecule has 0 bridgehead atoms. The highest BCUT2D eigenvalue weighted by Gasteiger charge is 2.23. The molecule has 3 aromatic rings. The number of hydrogen-bond donors (Lipinski definition) is 0. The van der Waals surface area contributed by atoms with Crippen LogP contribution in [-0.2, 0) is 7.05 Å². The molecule has 136 valence electrons. The van der Waals surface area contributed by atoms with Crippen molar-refractivity contribution in [3.8, 4) is 5.75 Å². The van der Waals surface area contributed by atoms with E-state index in [1.165, 1.54) is 0 Å². The molecule has 0 aliphatic carbocycles. The first-order valence-corrected chi connectivity index (χ1v) is 8.87. The van der Waals surface area contributed by atoms with Gasteiger partial charge in [-0.15, -0.1) is 0 Å². The zero-order valence-corrected chi connectivity index (χ0v) is 15.8. The van der Waals surface area contributed by atoms with Crippen molar-refractivity contribution in [1.29, 1.82) is 0 Å². The summed E-state index contributed by atoms with van der Waals surface area (Å²) in [5.74, 6) is 0.804. The van der Waals surface area contributed by atoms with Crippen LogP contribution in [0.15, 0.2) is 48.8 Å². The average Bonchev–Trinajstić information content (AvgIpc) is 3.05. The molecule has 26 heavy (non-hydrogen) atoms. The van der Waals surface area contributed by atoms with Gasteiger partial charge in [-0.25, -0.2) is 4.98 Å². The second kappa shape index (κ2) is 7.60. The lowest BCUT2D eigenvalue weighted by atomic mass is 9.99. The van der Waals surface area contributed by atoms with Gasteiger partial charge in [0.05, 0.1) is 30.5 Å². The van der Waals surface area contributed by atoms with Crippen molar-refractivity contribution in [2.24, 2.45) is 7.05 Å². The minimum Gasteiger partial charge on any atom is -0.497 e. The van der Waals surface area contributed by atoms with Crippen molar-refractivity contribution >= 4 is 16.9 Å². The van der Waals surface area contributed by atoms with Crippen LogP contribution < -0.4 is 4.74 Å². The highest BCUT2D eigenvalue weighted by atomic mass is 16.5. The Bertz CT molecular complexity index is 917. The van der Waals surface area contributed by atoms with E-state index >= 15 is 0 Å². The number of ether oxygens (including phenoxy) is 1. The SMILES string of the molecule is CCC[C@@H](c1cccc(OC)c1)N(C)C(=O)c1ccc2c(c1)ncn2C. The summed E-state index contributed by atoms with van der Waals surface area (Å²) >= 11 is 0. The summed E-state index contributed by atoms with van der Waals surface area (Å²) in [7, 11) is 5.47. The van der Waals surface area contributed by atoms with Gasteiger partial charge in [0, 0.05) is 19.7 Å². The second-order valence-electron chi connectivity index (χ2n) is 6.56. The molecule has 0 saturated heterocycles. The van der Waals surface area contributed by atoms with Crippen LogP contribution in [0.4, 0.5) is 0 Å². The van der Waals surface area contributed by atoms with E-state index in [1.807, 2.05) is 60.0 Å². The lowest BCUT2D eigenvalue weighted by molar-refractivity contribution is 0.0721. The first-order valence-electron chi connectivity index (χ1n) is 8.87. The molecule has 0 fully saturated rings. The lowest BCUT2D eigenvalue weighted by Gasteiger charge is -2.29. The van der Waals surface area contributed by atoms with E-state index in [4.69, 9.17) is 4.74 Å².